The van der Waals surface area contributed by atoms with Gasteiger partial charge in [0.25, 0.3) is 0 Å². The highest BCUT2D eigenvalue weighted by Crippen LogP contribution is 2.56. The average Bonchev–Trinajstić information content (AvgIpc) is 3.37. The van der Waals surface area contributed by atoms with Crippen molar-refractivity contribution in [2.45, 2.75) is 32.1 Å². The van der Waals surface area contributed by atoms with Crippen LogP contribution in [0.25, 0.3) is 65.7 Å². The average molecular weight is 831 g/mol. The van der Waals surface area contributed by atoms with Crippen LogP contribution < -0.4 is 0 Å². The van der Waals surface area contributed by atoms with Crippen molar-refractivity contribution in [3.8, 4) is 11.1 Å². The van der Waals surface area contributed by atoms with Crippen LogP contribution in [0.3, 0.4) is 0 Å². The molecule has 310 valence electrons. The van der Waals surface area contributed by atoms with E-state index in [1.54, 1.807) is 0 Å². The number of benzene rings is 9. The van der Waals surface area contributed by atoms with E-state index in [0.29, 0.717) is 0 Å². The van der Waals surface area contributed by atoms with Crippen LogP contribution in [0.1, 0.15) is 70.2 Å². The summed E-state index contributed by atoms with van der Waals surface area (Å²) < 4.78 is 0. The Kier molecular flexibility index (Phi) is 10.5. The molecular formula is C65H50. The Balaban J connectivity index is 0.998. The van der Waals surface area contributed by atoms with Crippen LogP contribution in [0.15, 0.2) is 243 Å². The minimum Gasteiger partial charge on any atom is -0.0984 e. The highest BCUT2D eigenvalue weighted by atomic mass is 14.4. The fourth-order valence-electron chi connectivity index (χ4n) is 10.6. The zero-order chi connectivity index (χ0) is 43.9. The molecule has 0 aliphatic heterocycles. The van der Waals surface area contributed by atoms with Gasteiger partial charge in [0.2, 0.25) is 0 Å². The van der Waals surface area contributed by atoms with Gasteiger partial charge in [-0.25, -0.2) is 0 Å². The van der Waals surface area contributed by atoms with Crippen LogP contribution in [-0.2, 0) is 6.42 Å². The van der Waals surface area contributed by atoms with Crippen molar-refractivity contribution in [3.05, 3.63) is 287 Å². The van der Waals surface area contributed by atoms with Crippen LogP contribution in [0.5, 0.6) is 0 Å². The van der Waals surface area contributed by atoms with Gasteiger partial charge in [-0.2, -0.15) is 0 Å². The zero-order valence-electron chi connectivity index (χ0n) is 37.0. The van der Waals surface area contributed by atoms with Crippen molar-refractivity contribution in [1.29, 1.82) is 0 Å². The summed E-state index contributed by atoms with van der Waals surface area (Å²) in [6, 6.07) is 71.5. The first-order valence-electron chi connectivity index (χ1n) is 22.9. The van der Waals surface area contributed by atoms with Gasteiger partial charge >= 0.3 is 0 Å². The molecule has 0 radical (unpaired) electrons. The molecule has 0 heteroatoms. The van der Waals surface area contributed by atoms with Gasteiger partial charge in [0.1, 0.15) is 0 Å². The van der Waals surface area contributed by atoms with Gasteiger partial charge in [0, 0.05) is 11.8 Å². The second kappa shape index (κ2) is 17.1. The van der Waals surface area contributed by atoms with Gasteiger partial charge in [0.15, 0.2) is 0 Å². The second-order valence-corrected chi connectivity index (χ2v) is 17.6. The fraction of sp³-hybridized carbons (Fsp3) is 0.0769. The summed E-state index contributed by atoms with van der Waals surface area (Å²) in [6.07, 6.45) is 14.7. The summed E-state index contributed by atoms with van der Waals surface area (Å²) in [4.78, 5) is 0. The molecule has 0 aromatic heterocycles. The van der Waals surface area contributed by atoms with E-state index in [4.69, 9.17) is 0 Å². The predicted octanol–water partition coefficient (Wildman–Crippen LogP) is 17.4. The summed E-state index contributed by atoms with van der Waals surface area (Å²) in [5.74, 6) is 0.261. The van der Waals surface area contributed by atoms with E-state index in [1.165, 1.54) is 116 Å². The normalized spacial score (nSPS) is 16.1. The molecule has 0 amide bonds. The highest BCUT2D eigenvalue weighted by molar-refractivity contribution is 6.20. The first-order chi connectivity index (χ1) is 32.1. The lowest BCUT2D eigenvalue weighted by Crippen LogP contribution is -2.23. The Morgan fingerprint density at radius 3 is 1.74 bits per heavy atom. The van der Waals surface area contributed by atoms with Gasteiger partial charge in [0.05, 0.1) is 0 Å². The third-order valence-corrected chi connectivity index (χ3v) is 13.9. The topological polar surface area (TPSA) is 0 Å². The molecule has 9 aromatic carbocycles. The van der Waals surface area contributed by atoms with Gasteiger partial charge in [-0.15, -0.1) is 0 Å². The molecule has 2 unspecified atom stereocenters. The monoisotopic (exact) mass is 830 g/mol. The lowest BCUT2D eigenvalue weighted by molar-refractivity contribution is 0.693. The van der Waals surface area contributed by atoms with Crippen molar-refractivity contribution >= 4 is 54.6 Å². The molecule has 2 aliphatic carbocycles. The number of rotatable bonds is 9. The van der Waals surface area contributed by atoms with Crippen LogP contribution in [0.2, 0.25) is 0 Å². The van der Waals surface area contributed by atoms with Crippen molar-refractivity contribution < 1.29 is 0 Å². The molecule has 0 bridgehead atoms. The molecule has 0 spiro atoms. The molecule has 0 nitrogen and oxygen atoms in total. The van der Waals surface area contributed by atoms with Crippen molar-refractivity contribution in [2.24, 2.45) is 0 Å². The van der Waals surface area contributed by atoms with Gasteiger partial charge in [-0.05, 0) is 142 Å². The maximum Gasteiger partial charge on any atom is 0.0205 e. The molecule has 0 N–H and O–H groups in total. The fourth-order valence-corrected chi connectivity index (χ4v) is 10.6. The Morgan fingerprint density at radius 2 is 1.06 bits per heavy atom. The minimum absolute atomic E-state index is 0.130. The Morgan fingerprint density at radius 1 is 0.508 bits per heavy atom. The third-order valence-electron chi connectivity index (χ3n) is 13.9. The lowest BCUT2D eigenvalue weighted by atomic mass is 9.63. The summed E-state index contributed by atoms with van der Waals surface area (Å²) in [6.45, 7) is 8.79. The zero-order valence-corrected chi connectivity index (χ0v) is 37.0. The molecular weight excluding hydrogens is 781 g/mol. The number of fused-ring (bicyclic) bond motifs is 8. The Labute approximate surface area is 383 Å². The minimum atomic E-state index is 0.130. The summed E-state index contributed by atoms with van der Waals surface area (Å²) in [7, 11) is 0. The van der Waals surface area contributed by atoms with E-state index in [2.05, 4.69) is 251 Å². The first kappa shape index (κ1) is 40.0. The van der Waals surface area contributed by atoms with E-state index in [-0.39, 0.29) is 11.8 Å². The van der Waals surface area contributed by atoms with Crippen molar-refractivity contribution in [3.63, 3.8) is 0 Å². The van der Waals surface area contributed by atoms with E-state index >= 15 is 0 Å². The number of hydrogen-bond acceptors (Lipinski definition) is 0. The number of hydrogen-bond donors (Lipinski definition) is 0. The van der Waals surface area contributed by atoms with Crippen LogP contribution in [0, 0.1) is 0 Å². The predicted molar refractivity (Wildman–Crippen MR) is 280 cm³/mol. The van der Waals surface area contributed by atoms with E-state index in [1.807, 2.05) is 0 Å². The quantitative estimate of drug-likeness (QED) is 0.100. The molecule has 65 heavy (non-hydrogen) atoms. The highest BCUT2D eigenvalue weighted by Gasteiger charge is 2.39. The molecule has 9 aromatic rings. The second-order valence-electron chi connectivity index (χ2n) is 17.6. The Bertz CT molecular complexity index is 3420. The van der Waals surface area contributed by atoms with Gasteiger partial charge in [-0.1, -0.05) is 231 Å². The van der Waals surface area contributed by atoms with Crippen LogP contribution >= 0.6 is 0 Å². The maximum absolute atomic E-state index is 4.43. The molecule has 0 saturated carbocycles. The van der Waals surface area contributed by atoms with Crippen LogP contribution in [-0.4, -0.2) is 0 Å². The Hall–Kier alpha value is -7.80. The third kappa shape index (κ3) is 7.22. The number of allylic oxidation sites excluding steroid dienone is 10. The van der Waals surface area contributed by atoms with Gasteiger partial charge < -0.3 is 0 Å². The molecule has 0 fully saturated rings. The largest absolute Gasteiger partial charge is 0.0984 e. The molecule has 11 rings (SSSR count). The summed E-state index contributed by atoms with van der Waals surface area (Å²) >= 11 is 0. The smallest absolute Gasteiger partial charge is 0.0205 e. The first-order valence-corrected chi connectivity index (χ1v) is 22.9. The molecule has 2 atom stereocenters. The van der Waals surface area contributed by atoms with Gasteiger partial charge in [-0.3, -0.25) is 0 Å². The van der Waals surface area contributed by atoms with Crippen LogP contribution in [0.4, 0.5) is 0 Å². The SMILES string of the molecule is C=CC1=C(/C=C\Cc2ccc(/C(C)=C/C=C(\C)c3ccccc3)cc2)C2c3ccccc3C(c3c4ccccc4c(-c4ccc5ccccc5c4)c4ccccc34)=CC2c2ccccc21. The van der Waals surface area contributed by atoms with Crippen molar-refractivity contribution in [2.75, 3.05) is 0 Å². The molecule has 0 saturated heterocycles. The maximum atomic E-state index is 4.43. The van der Waals surface area contributed by atoms with E-state index in [0.717, 1.165) is 6.42 Å². The molecule has 0 heterocycles. The molecule has 2 aliphatic rings. The summed E-state index contributed by atoms with van der Waals surface area (Å²) in [5, 5.41) is 7.60. The lowest BCUT2D eigenvalue weighted by Gasteiger charge is -2.40. The van der Waals surface area contributed by atoms with Crippen molar-refractivity contribution in [1.82, 2.24) is 0 Å². The van der Waals surface area contributed by atoms with E-state index in [9.17, 15) is 0 Å². The summed E-state index contributed by atoms with van der Waals surface area (Å²) in [5.41, 5.74) is 19.2. The standard InChI is InChI=1S/C65H50/c1-4-51-52-24-10-11-25-53(52)61-42-62(65-59-30-16-14-28-57(59)63(58-29-15-17-31-60(58)65)50-40-39-48-22-8-9-23-49(48)41-50)54-26-12-13-27-56(54)64(61)55(51)32-18-19-45-35-37-47(38-36-45)44(3)34-33-43(2)46-20-6-5-7-21-46/h4-18,20-42,61,64H,1,19H2,2-3H3/b32-18-,43-33+,44-34+. The van der Waals surface area contributed by atoms with E-state index < -0.39 is 0 Å².